The van der Waals surface area contributed by atoms with E-state index in [1.54, 1.807) is 30.3 Å². The van der Waals surface area contributed by atoms with Crippen molar-refractivity contribution >= 4 is 41.2 Å². The molecule has 1 aliphatic heterocycles. The lowest BCUT2D eigenvalue weighted by Gasteiger charge is -2.33. The number of carbonyl (C=O) groups excluding carboxylic acids is 2. The first-order valence-electron chi connectivity index (χ1n) is 8.54. The number of amides is 2. The number of piperidine rings is 1. The number of hydrogen-bond donors (Lipinski definition) is 2. The van der Waals surface area contributed by atoms with Crippen molar-refractivity contribution in [2.45, 2.75) is 25.8 Å². The average molecular weight is 394 g/mol. The highest BCUT2D eigenvalue weighted by atomic mass is 35.5. The molecule has 0 saturated carbocycles. The molecule has 26 heavy (non-hydrogen) atoms. The van der Waals surface area contributed by atoms with Crippen LogP contribution in [-0.4, -0.2) is 35.8 Å². The Balaban J connectivity index is 0.00000243. The summed E-state index contributed by atoms with van der Waals surface area (Å²) in [6.07, 6.45) is 1.89. The summed E-state index contributed by atoms with van der Waals surface area (Å²) in [7, 11) is 0. The van der Waals surface area contributed by atoms with Crippen LogP contribution in [0.4, 0.5) is 5.69 Å². The molecule has 1 unspecified atom stereocenters. The fraction of sp³-hybridized carbons (Fsp3) is 0.368. The van der Waals surface area contributed by atoms with Crippen LogP contribution in [-0.2, 0) is 0 Å². The van der Waals surface area contributed by atoms with Gasteiger partial charge in [0.15, 0.2) is 0 Å². The molecule has 0 bridgehead atoms. The van der Waals surface area contributed by atoms with Crippen molar-refractivity contribution in [3.8, 4) is 0 Å². The van der Waals surface area contributed by atoms with Gasteiger partial charge in [-0.1, -0.05) is 12.1 Å². The van der Waals surface area contributed by atoms with Gasteiger partial charge in [0.05, 0.1) is 4.88 Å². The Hall–Kier alpha value is -1.89. The molecule has 2 aromatic rings. The predicted molar refractivity (Wildman–Crippen MR) is 108 cm³/mol. The van der Waals surface area contributed by atoms with Gasteiger partial charge in [0.2, 0.25) is 0 Å². The molecule has 1 aliphatic rings. The molecule has 1 atom stereocenters. The Kier molecular flexibility index (Phi) is 7.20. The molecule has 0 aliphatic carbocycles. The Morgan fingerprint density at radius 3 is 2.58 bits per heavy atom. The van der Waals surface area contributed by atoms with Crippen LogP contribution in [0.25, 0.3) is 0 Å². The van der Waals surface area contributed by atoms with E-state index in [1.165, 1.54) is 11.3 Å². The number of anilines is 1. The SMILES string of the molecule is CC(N)C1CCN(C(=O)c2cccc(NC(=O)c3cccs3)c2)CC1.Cl. The molecule has 2 heterocycles. The van der Waals surface area contributed by atoms with E-state index in [2.05, 4.69) is 5.32 Å². The zero-order valence-corrected chi connectivity index (χ0v) is 16.3. The molecular weight excluding hydrogens is 370 g/mol. The van der Waals surface area contributed by atoms with E-state index >= 15 is 0 Å². The second-order valence-electron chi connectivity index (χ2n) is 6.50. The highest BCUT2D eigenvalue weighted by molar-refractivity contribution is 7.12. The number of carbonyl (C=O) groups is 2. The predicted octanol–water partition coefficient (Wildman–Crippen LogP) is 3.62. The second kappa shape index (κ2) is 9.16. The smallest absolute Gasteiger partial charge is 0.265 e. The van der Waals surface area contributed by atoms with Gasteiger partial charge in [-0.25, -0.2) is 0 Å². The standard InChI is InChI=1S/C19H23N3O2S.ClH/c1-13(20)14-7-9-22(10-8-14)19(24)15-4-2-5-16(12-15)21-18(23)17-6-3-11-25-17;/h2-6,11-14H,7-10,20H2,1H3,(H,21,23);1H. The van der Waals surface area contributed by atoms with Crippen LogP contribution in [0, 0.1) is 5.92 Å². The molecule has 1 aromatic carbocycles. The molecule has 1 saturated heterocycles. The van der Waals surface area contributed by atoms with Crippen molar-refractivity contribution < 1.29 is 9.59 Å². The Morgan fingerprint density at radius 2 is 1.96 bits per heavy atom. The number of nitrogens with two attached hydrogens (primary N) is 1. The van der Waals surface area contributed by atoms with Gasteiger partial charge in [-0.05, 0) is 55.3 Å². The number of halogens is 1. The maximum atomic E-state index is 12.7. The summed E-state index contributed by atoms with van der Waals surface area (Å²) in [5.74, 6) is 0.341. The lowest BCUT2D eigenvalue weighted by molar-refractivity contribution is 0.0681. The van der Waals surface area contributed by atoms with E-state index < -0.39 is 0 Å². The second-order valence-corrected chi connectivity index (χ2v) is 7.45. The molecule has 5 nitrogen and oxygen atoms in total. The van der Waals surface area contributed by atoms with Gasteiger partial charge in [0, 0.05) is 30.4 Å². The highest BCUT2D eigenvalue weighted by Gasteiger charge is 2.25. The molecule has 3 N–H and O–H groups in total. The molecule has 1 fully saturated rings. The van der Waals surface area contributed by atoms with Crippen LogP contribution < -0.4 is 11.1 Å². The van der Waals surface area contributed by atoms with E-state index in [9.17, 15) is 9.59 Å². The lowest BCUT2D eigenvalue weighted by atomic mass is 9.90. The van der Waals surface area contributed by atoms with Gasteiger partial charge in [-0.15, -0.1) is 23.7 Å². The first kappa shape index (κ1) is 20.4. The van der Waals surface area contributed by atoms with E-state index in [1.807, 2.05) is 23.3 Å². The van der Waals surface area contributed by atoms with Crippen LogP contribution in [0.2, 0.25) is 0 Å². The highest BCUT2D eigenvalue weighted by Crippen LogP contribution is 2.22. The van der Waals surface area contributed by atoms with Crippen molar-refractivity contribution in [2.24, 2.45) is 11.7 Å². The Morgan fingerprint density at radius 1 is 1.23 bits per heavy atom. The topological polar surface area (TPSA) is 75.4 Å². The Labute approximate surface area is 164 Å². The summed E-state index contributed by atoms with van der Waals surface area (Å²) < 4.78 is 0. The summed E-state index contributed by atoms with van der Waals surface area (Å²) in [6.45, 7) is 3.50. The summed E-state index contributed by atoms with van der Waals surface area (Å²) in [5.41, 5.74) is 7.20. The summed E-state index contributed by atoms with van der Waals surface area (Å²) >= 11 is 1.39. The quantitative estimate of drug-likeness (QED) is 0.832. The number of hydrogen-bond acceptors (Lipinski definition) is 4. The molecule has 7 heteroatoms. The number of benzene rings is 1. The Bertz CT molecular complexity index is 741. The first-order chi connectivity index (χ1) is 12.0. The minimum absolute atomic E-state index is 0. The van der Waals surface area contributed by atoms with Crippen molar-refractivity contribution in [1.82, 2.24) is 4.90 Å². The van der Waals surface area contributed by atoms with Gasteiger partial charge < -0.3 is 16.0 Å². The van der Waals surface area contributed by atoms with Crippen LogP contribution in [0.15, 0.2) is 41.8 Å². The van der Waals surface area contributed by atoms with E-state index in [0.717, 1.165) is 25.9 Å². The fourth-order valence-corrected chi connectivity index (χ4v) is 3.76. The van der Waals surface area contributed by atoms with E-state index in [4.69, 9.17) is 5.73 Å². The van der Waals surface area contributed by atoms with Crippen molar-refractivity contribution in [3.05, 3.63) is 52.2 Å². The zero-order chi connectivity index (χ0) is 17.8. The maximum absolute atomic E-state index is 12.7. The molecule has 3 rings (SSSR count). The molecular formula is C19H24ClN3O2S. The molecule has 140 valence electrons. The van der Waals surface area contributed by atoms with Crippen LogP contribution in [0.3, 0.4) is 0 Å². The van der Waals surface area contributed by atoms with Gasteiger partial charge in [-0.3, -0.25) is 9.59 Å². The van der Waals surface area contributed by atoms with Crippen molar-refractivity contribution in [1.29, 1.82) is 0 Å². The monoisotopic (exact) mass is 393 g/mol. The number of nitrogens with zero attached hydrogens (tertiary/aromatic N) is 1. The van der Waals surface area contributed by atoms with Gasteiger partial charge in [0.25, 0.3) is 11.8 Å². The van der Waals surface area contributed by atoms with Gasteiger partial charge in [-0.2, -0.15) is 0 Å². The molecule has 0 spiro atoms. The minimum atomic E-state index is -0.155. The lowest BCUT2D eigenvalue weighted by Crippen LogP contribution is -2.42. The average Bonchev–Trinajstić information content (AvgIpc) is 3.16. The van der Waals surface area contributed by atoms with Crippen LogP contribution in [0.5, 0.6) is 0 Å². The third-order valence-electron chi connectivity index (χ3n) is 4.68. The fourth-order valence-electron chi connectivity index (χ4n) is 3.14. The van der Waals surface area contributed by atoms with Crippen molar-refractivity contribution in [2.75, 3.05) is 18.4 Å². The molecule has 0 radical (unpaired) electrons. The van der Waals surface area contributed by atoms with Gasteiger partial charge >= 0.3 is 0 Å². The first-order valence-corrected chi connectivity index (χ1v) is 9.42. The molecule has 2 amide bonds. The van der Waals surface area contributed by atoms with Crippen LogP contribution >= 0.6 is 23.7 Å². The largest absolute Gasteiger partial charge is 0.339 e. The third-order valence-corrected chi connectivity index (χ3v) is 5.55. The summed E-state index contributed by atoms with van der Waals surface area (Å²) in [4.78, 5) is 27.4. The summed E-state index contributed by atoms with van der Waals surface area (Å²) in [5, 5.41) is 4.71. The van der Waals surface area contributed by atoms with Crippen LogP contribution in [0.1, 0.15) is 39.8 Å². The number of rotatable bonds is 4. The third kappa shape index (κ3) is 4.84. The number of likely N-dealkylation sites (tertiary alicyclic amines) is 1. The summed E-state index contributed by atoms with van der Waals surface area (Å²) in [6, 6.07) is 10.9. The van der Waals surface area contributed by atoms with Crippen molar-refractivity contribution in [3.63, 3.8) is 0 Å². The maximum Gasteiger partial charge on any atom is 0.265 e. The van der Waals surface area contributed by atoms with E-state index in [-0.39, 0.29) is 30.3 Å². The van der Waals surface area contributed by atoms with E-state index in [0.29, 0.717) is 22.0 Å². The molecule has 1 aromatic heterocycles. The zero-order valence-electron chi connectivity index (χ0n) is 14.7. The normalized spacial score (nSPS) is 15.8. The number of nitrogens with one attached hydrogen (secondary N) is 1. The number of thiophene rings is 1. The van der Waals surface area contributed by atoms with Gasteiger partial charge in [0.1, 0.15) is 0 Å². The minimum Gasteiger partial charge on any atom is -0.339 e.